The Bertz CT molecular complexity index is 387. The fraction of sp³-hybridized carbons (Fsp3) is 0.733. The van der Waals surface area contributed by atoms with Gasteiger partial charge >= 0.3 is 0 Å². The van der Waals surface area contributed by atoms with Gasteiger partial charge in [-0.15, -0.1) is 0 Å². The maximum Gasteiger partial charge on any atom is 0.140 e. The molecule has 1 unspecified atom stereocenters. The summed E-state index contributed by atoms with van der Waals surface area (Å²) in [6, 6.07) is 0. The molecule has 0 saturated heterocycles. The summed E-state index contributed by atoms with van der Waals surface area (Å²) in [6.45, 7) is 11.8. The van der Waals surface area contributed by atoms with Gasteiger partial charge in [-0.2, -0.15) is 0 Å². The highest BCUT2D eigenvalue weighted by Gasteiger charge is 2.18. The molecular weight excluding hydrogens is 224 g/mol. The molecular formula is C15H26N2O. The van der Waals surface area contributed by atoms with Crippen molar-refractivity contribution >= 4 is 5.78 Å². The highest BCUT2D eigenvalue weighted by molar-refractivity contribution is 5.80. The molecule has 3 heteroatoms. The smallest absolute Gasteiger partial charge is 0.140 e. The lowest BCUT2D eigenvalue weighted by molar-refractivity contribution is -0.119. The van der Waals surface area contributed by atoms with Crippen LogP contribution in [0.5, 0.6) is 0 Å². The van der Waals surface area contributed by atoms with Crippen molar-refractivity contribution in [3.63, 3.8) is 0 Å². The van der Waals surface area contributed by atoms with Crippen molar-refractivity contribution in [3.05, 3.63) is 18.2 Å². The van der Waals surface area contributed by atoms with Crippen LogP contribution in [-0.4, -0.2) is 15.3 Å². The normalized spacial score (nSPS) is 13.6. The van der Waals surface area contributed by atoms with Gasteiger partial charge in [0.05, 0.1) is 6.42 Å². The van der Waals surface area contributed by atoms with E-state index >= 15 is 0 Å². The number of nitrogens with zero attached hydrogens (tertiary/aromatic N) is 2. The number of hydrogen-bond donors (Lipinski definition) is 0. The predicted molar refractivity (Wildman–Crippen MR) is 74.5 cm³/mol. The molecule has 1 heterocycles. The predicted octanol–water partition coefficient (Wildman–Crippen LogP) is 3.48. The quantitative estimate of drug-likeness (QED) is 0.774. The van der Waals surface area contributed by atoms with E-state index in [4.69, 9.17) is 0 Å². The maximum absolute atomic E-state index is 12.0. The van der Waals surface area contributed by atoms with Gasteiger partial charge in [-0.1, -0.05) is 27.7 Å². The van der Waals surface area contributed by atoms with Crippen LogP contribution >= 0.6 is 0 Å². The summed E-state index contributed by atoms with van der Waals surface area (Å²) >= 11 is 0. The van der Waals surface area contributed by atoms with Gasteiger partial charge < -0.3 is 4.57 Å². The molecule has 0 fully saturated rings. The third-order valence-corrected chi connectivity index (χ3v) is 3.03. The zero-order chi connectivity index (χ0) is 13.8. The van der Waals surface area contributed by atoms with E-state index in [1.807, 2.05) is 10.8 Å². The van der Waals surface area contributed by atoms with Gasteiger partial charge in [-0.05, 0) is 24.7 Å². The van der Waals surface area contributed by atoms with Crippen LogP contribution in [0.2, 0.25) is 0 Å². The molecule has 0 N–H and O–H groups in total. The third kappa shape index (κ3) is 5.03. The van der Waals surface area contributed by atoms with E-state index in [0.717, 1.165) is 18.8 Å². The first kappa shape index (κ1) is 14.9. The van der Waals surface area contributed by atoms with Gasteiger partial charge in [0.2, 0.25) is 0 Å². The van der Waals surface area contributed by atoms with E-state index in [1.165, 1.54) is 0 Å². The number of rotatable bonds is 6. The lowest BCUT2D eigenvalue weighted by atomic mass is 9.83. The average Bonchev–Trinajstić information content (AvgIpc) is 2.61. The Morgan fingerprint density at radius 2 is 2.11 bits per heavy atom. The van der Waals surface area contributed by atoms with Crippen molar-refractivity contribution < 1.29 is 4.79 Å². The second kappa shape index (κ2) is 6.17. The molecule has 1 atom stereocenters. The number of carbonyl (C=O) groups excluding carboxylic acids is 1. The summed E-state index contributed by atoms with van der Waals surface area (Å²) in [7, 11) is 0. The SMILES string of the molecule is CCn1ccnc1CC(=O)CC(C)CC(C)(C)C. The molecule has 1 aromatic rings. The van der Waals surface area contributed by atoms with Crippen LogP contribution in [0.25, 0.3) is 0 Å². The number of imidazole rings is 1. The van der Waals surface area contributed by atoms with Crippen LogP contribution in [-0.2, 0) is 17.8 Å². The van der Waals surface area contributed by atoms with Crippen molar-refractivity contribution in [3.8, 4) is 0 Å². The molecule has 18 heavy (non-hydrogen) atoms. The highest BCUT2D eigenvalue weighted by atomic mass is 16.1. The second-order valence-corrected chi connectivity index (χ2v) is 6.42. The van der Waals surface area contributed by atoms with Crippen LogP contribution in [0.3, 0.4) is 0 Å². The van der Waals surface area contributed by atoms with Gasteiger partial charge in [-0.3, -0.25) is 4.79 Å². The van der Waals surface area contributed by atoms with E-state index in [2.05, 4.69) is 39.6 Å². The van der Waals surface area contributed by atoms with Crippen LogP contribution in [0, 0.1) is 11.3 Å². The summed E-state index contributed by atoms with van der Waals surface area (Å²) in [5.41, 5.74) is 0.293. The number of aryl methyl sites for hydroxylation is 1. The largest absolute Gasteiger partial charge is 0.335 e. The van der Waals surface area contributed by atoms with Gasteiger partial charge in [-0.25, -0.2) is 4.98 Å². The molecule has 0 saturated carbocycles. The Balaban J connectivity index is 2.47. The lowest BCUT2D eigenvalue weighted by Crippen LogP contribution is -2.16. The first-order chi connectivity index (χ1) is 8.31. The lowest BCUT2D eigenvalue weighted by Gasteiger charge is -2.22. The highest BCUT2D eigenvalue weighted by Crippen LogP contribution is 2.26. The molecule has 0 radical (unpaired) electrons. The minimum atomic E-state index is 0.293. The maximum atomic E-state index is 12.0. The van der Waals surface area contributed by atoms with Crippen LogP contribution < -0.4 is 0 Å². The summed E-state index contributed by atoms with van der Waals surface area (Å²) in [4.78, 5) is 16.3. The van der Waals surface area contributed by atoms with E-state index in [9.17, 15) is 4.79 Å². The number of carbonyl (C=O) groups is 1. The second-order valence-electron chi connectivity index (χ2n) is 6.42. The zero-order valence-electron chi connectivity index (χ0n) is 12.4. The monoisotopic (exact) mass is 250 g/mol. The molecule has 0 aliphatic heterocycles. The van der Waals surface area contributed by atoms with Crippen molar-refractivity contribution in [2.45, 2.75) is 60.4 Å². The molecule has 0 aromatic carbocycles. The number of aromatic nitrogens is 2. The summed E-state index contributed by atoms with van der Waals surface area (Å²) in [6.07, 6.45) is 5.91. The van der Waals surface area contributed by atoms with Gasteiger partial charge in [0.1, 0.15) is 11.6 Å². The molecule has 0 aliphatic carbocycles. The van der Waals surface area contributed by atoms with Crippen molar-refractivity contribution in [1.82, 2.24) is 9.55 Å². The average molecular weight is 250 g/mol. The summed E-state index contributed by atoms with van der Waals surface area (Å²) in [5.74, 6) is 1.64. The number of hydrogen-bond acceptors (Lipinski definition) is 2. The van der Waals surface area contributed by atoms with Gasteiger partial charge in [0.15, 0.2) is 0 Å². The topological polar surface area (TPSA) is 34.9 Å². The molecule has 0 aliphatic rings. The number of Topliss-reactive ketones (excluding diaryl/α,β-unsaturated/α-hetero) is 1. The Morgan fingerprint density at radius 3 is 2.67 bits per heavy atom. The Hall–Kier alpha value is -1.12. The van der Waals surface area contributed by atoms with Crippen LogP contribution in [0.15, 0.2) is 12.4 Å². The third-order valence-electron chi connectivity index (χ3n) is 3.03. The first-order valence-corrected chi connectivity index (χ1v) is 6.83. The molecule has 0 spiro atoms. The van der Waals surface area contributed by atoms with E-state index in [-0.39, 0.29) is 0 Å². The summed E-state index contributed by atoms with van der Waals surface area (Å²) < 4.78 is 2.03. The van der Waals surface area contributed by atoms with Crippen molar-refractivity contribution in [2.24, 2.45) is 11.3 Å². The fourth-order valence-electron chi connectivity index (χ4n) is 2.55. The van der Waals surface area contributed by atoms with E-state index < -0.39 is 0 Å². The molecule has 1 rings (SSSR count). The minimum absolute atomic E-state index is 0.293. The Kier molecular flexibility index (Phi) is 5.12. The standard InChI is InChI=1S/C15H26N2O/c1-6-17-8-7-16-14(17)10-13(18)9-12(2)11-15(3,4)5/h7-8,12H,6,9-11H2,1-5H3. The van der Waals surface area contributed by atoms with Gasteiger partial charge in [0, 0.05) is 25.4 Å². The molecule has 3 nitrogen and oxygen atoms in total. The molecule has 1 aromatic heterocycles. The fourth-order valence-corrected chi connectivity index (χ4v) is 2.55. The Morgan fingerprint density at radius 1 is 1.44 bits per heavy atom. The van der Waals surface area contributed by atoms with Crippen molar-refractivity contribution in [1.29, 1.82) is 0 Å². The van der Waals surface area contributed by atoms with Crippen LogP contribution in [0.4, 0.5) is 0 Å². The van der Waals surface area contributed by atoms with E-state index in [0.29, 0.717) is 30.0 Å². The molecule has 0 bridgehead atoms. The first-order valence-electron chi connectivity index (χ1n) is 6.83. The minimum Gasteiger partial charge on any atom is -0.335 e. The molecule has 102 valence electrons. The number of ketones is 1. The van der Waals surface area contributed by atoms with Crippen molar-refractivity contribution in [2.75, 3.05) is 0 Å². The van der Waals surface area contributed by atoms with E-state index in [1.54, 1.807) is 6.20 Å². The Labute approximate surface area is 111 Å². The zero-order valence-corrected chi connectivity index (χ0v) is 12.4. The van der Waals surface area contributed by atoms with Gasteiger partial charge in [0.25, 0.3) is 0 Å². The summed E-state index contributed by atoms with van der Waals surface area (Å²) in [5, 5.41) is 0. The molecule has 0 amide bonds. The van der Waals surface area contributed by atoms with Crippen LogP contribution in [0.1, 0.15) is 53.3 Å².